The van der Waals surface area contributed by atoms with Crippen molar-refractivity contribution in [2.45, 2.75) is 6.54 Å². The van der Waals surface area contributed by atoms with Gasteiger partial charge in [0.1, 0.15) is 17.5 Å². The number of fused-ring (bicyclic) bond motifs is 3. The fourth-order valence-electron chi connectivity index (χ4n) is 2.70. The number of aliphatic imine (C=N–C) groups is 1. The molecule has 0 unspecified atom stereocenters. The number of halogens is 2. The summed E-state index contributed by atoms with van der Waals surface area (Å²) in [5.41, 5.74) is 2.11. The first kappa shape index (κ1) is 12.9. The molecule has 4 rings (SSSR count). The third-order valence-electron chi connectivity index (χ3n) is 3.70. The van der Waals surface area contributed by atoms with Crippen molar-refractivity contribution in [3.63, 3.8) is 0 Å². The molecule has 5 heteroatoms. The molecule has 22 heavy (non-hydrogen) atoms. The van der Waals surface area contributed by atoms with Gasteiger partial charge in [-0.15, -0.1) is 0 Å². The molecule has 0 saturated carbocycles. The molecular weight excluding hydrogens is 284 g/mol. The van der Waals surface area contributed by atoms with Gasteiger partial charge in [0.15, 0.2) is 0 Å². The molecule has 0 atom stereocenters. The van der Waals surface area contributed by atoms with Gasteiger partial charge in [-0.05, 0) is 30.3 Å². The van der Waals surface area contributed by atoms with Gasteiger partial charge in [-0.3, -0.25) is 4.99 Å². The predicted octanol–water partition coefficient (Wildman–Crippen LogP) is 3.50. The van der Waals surface area contributed by atoms with Gasteiger partial charge in [0.2, 0.25) is 0 Å². The first-order chi connectivity index (χ1) is 10.7. The Morgan fingerprint density at radius 1 is 1.00 bits per heavy atom. The molecule has 0 saturated heterocycles. The predicted molar refractivity (Wildman–Crippen MR) is 79.3 cm³/mol. The van der Waals surface area contributed by atoms with E-state index in [1.807, 2.05) is 4.57 Å². The third-order valence-corrected chi connectivity index (χ3v) is 3.70. The van der Waals surface area contributed by atoms with E-state index in [1.165, 1.54) is 18.2 Å². The minimum Gasteiger partial charge on any atom is -0.302 e. The van der Waals surface area contributed by atoms with Crippen LogP contribution < -0.4 is 0 Å². The van der Waals surface area contributed by atoms with Crippen LogP contribution in [0.1, 0.15) is 17.0 Å². The fraction of sp³-hybridized carbons (Fsp3) is 0.0588. The average Bonchev–Trinajstić information content (AvgIpc) is 2.92. The van der Waals surface area contributed by atoms with Crippen LogP contribution in [0.2, 0.25) is 0 Å². The molecule has 1 aromatic heterocycles. The largest absolute Gasteiger partial charge is 0.302 e. The smallest absolute Gasteiger partial charge is 0.134 e. The van der Waals surface area contributed by atoms with Gasteiger partial charge in [-0.2, -0.15) is 0 Å². The van der Waals surface area contributed by atoms with E-state index < -0.39 is 0 Å². The second kappa shape index (κ2) is 4.87. The van der Waals surface area contributed by atoms with Crippen LogP contribution in [0, 0.1) is 11.6 Å². The van der Waals surface area contributed by atoms with Crippen molar-refractivity contribution in [1.82, 2.24) is 9.55 Å². The van der Waals surface area contributed by atoms with Gasteiger partial charge in [0.05, 0.1) is 17.9 Å². The number of aromatic nitrogens is 2. The van der Waals surface area contributed by atoms with Crippen LogP contribution in [0.3, 0.4) is 0 Å². The van der Waals surface area contributed by atoms with E-state index in [2.05, 4.69) is 9.98 Å². The van der Waals surface area contributed by atoms with E-state index in [4.69, 9.17) is 0 Å². The van der Waals surface area contributed by atoms with Gasteiger partial charge in [-0.25, -0.2) is 13.8 Å². The van der Waals surface area contributed by atoms with Crippen molar-refractivity contribution in [1.29, 1.82) is 0 Å². The lowest BCUT2D eigenvalue weighted by Crippen LogP contribution is -2.09. The molecule has 1 aliphatic rings. The Balaban J connectivity index is 2.01. The molecular formula is C17H11F2N3. The maximum absolute atomic E-state index is 14.2. The number of imidazole rings is 1. The van der Waals surface area contributed by atoms with E-state index in [9.17, 15) is 8.78 Å². The molecule has 3 nitrogen and oxygen atoms in total. The Morgan fingerprint density at radius 3 is 2.73 bits per heavy atom. The van der Waals surface area contributed by atoms with Gasteiger partial charge in [-0.1, -0.05) is 12.1 Å². The third kappa shape index (κ3) is 1.94. The van der Waals surface area contributed by atoms with Crippen LogP contribution in [-0.4, -0.2) is 15.3 Å². The Labute approximate surface area is 125 Å². The van der Waals surface area contributed by atoms with E-state index in [1.54, 1.807) is 36.7 Å². The molecule has 0 fully saturated rings. The summed E-state index contributed by atoms with van der Waals surface area (Å²) in [5, 5.41) is 0. The first-order valence-electron chi connectivity index (χ1n) is 6.86. The molecule has 0 amide bonds. The normalized spacial score (nSPS) is 13.1. The highest BCUT2D eigenvalue weighted by Gasteiger charge is 2.21. The number of hydrogen-bond acceptors (Lipinski definition) is 2. The minimum absolute atomic E-state index is 0.312. The van der Waals surface area contributed by atoms with Gasteiger partial charge in [0, 0.05) is 23.5 Å². The second-order valence-corrected chi connectivity index (χ2v) is 5.02. The number of hydrogen-bond donors (Lipinski definition) is 0. The molecule has 3 aromatic rings. The van der Waals surface area contributed by atoms with Gasteiger partial charge in [0.25, 0.3) is 0 Å². The topological polar surface area (TPSA) is 30.2 Å². The van der Waals surface area contributed by atoms with Gasteiger partial charge < -0.3 is 4.57 Å². The first-order valence-corrected chi connectivity index (χ1v) is 6.86. The lowest BCUT2D eigenvalue weighted by molar-refractivity contribution is 0.623. The van der Waals surface area contributed by atoms with Crippen molar-refractivity contribution in [2.24, 2.45) is 4.99 Å². The van der Waals surface area contributed by atoms with E-state index >= 15 is 0 Å². The molecule has 0 N–H and O–H groups in total. The van der Waals surface area contributed by atoms with Gasteiger partial charge >= 0.3 is 0 Å². The highest BCUT2D eigenvalue weighted by Crippen LogP contribution is 2.26. The summed E-state index contributed by atoms with van der Waals surface area (Å²) in [6.07, 6.45) is 3.47. The van der Waals surface area contributed by atoms with Crippen molar-refractivity contribution in [2.75, 3.05) is 0 Å². The fourth-order valence-corrected chi connectivity index (χ4v) is 2.70. The zero-order valence-electron chi connectivity index (χ0n) is 11.5. The number of nitrogens with zero attached hydrogens (tertiary/aromatic N) is 3. The summed E-state index contributed by atoms with van der Waals surface area (Å²) in [7, 11) is 0. The van der Waals surface area contributed by atoms with Crippen LogP contribution >= 0.6 is 0 Å². The minimum atomic E-state index is -0.383. The van der Waals surface area contributed by atoms with Crippen LogP contribution in [0.4, 0.5) is 8.78 Å². The standard InChI is InChI=1S/C17H11F2N3/c18-11-5-6-15-13(9-11)17(12-3-1-2-4-14(12)19)21-10-16-20-7-8-22(15)16/h1-9H,10H2. The Morgan fingerprint density at radius 2 is 1.86 bits per heavy atom. The SMILES string of the molecule is Fc1ccc2c(c1)C(c1ccccc1F)=NCc1nccn1-2. The number of benzene rings is 2. The summed E-state index contributed by atoms with van der Waals surface area (Å²) in [6.45, 7) is 0.312. The van der Waals surface area contributed by atoms with Crippen LogP contribution in [0.25, 0.3) is 5.69 Å². The van der Waals surface area contributed by atoms with Crippen LogP contribution in [0.15, 0.2) is 59.9 Å². The zero-order chi connectivity index (χ0) is 15.1. The lowest BCUT2D eigenvalue weighted by Gasteiger charge is -2.12. The molecule has 0 spiro atoms. The van der Waals surface area contributed by atoms with Crippen molar-refractivity contribution < 1.29 is 8.78 Å². The Bertz CT molecular complexity index is 896. The van der Waals surface area contributed by atoms with Crippen molar-refractivity contribution >= 4 is 5.71 Å². The quantitative estimate of drug-likeness (QED) is 0.676. The Kier molecular flexibility index (Phi) is 2.85. The molecule has 2 aromatic carbocycles. The van der Waals surface area contributed by atoms with E-state index in [-0.39, 0.29) is 11.6 Å². The zero-order valence-corrected chi connectivity index (χ0v) is 11.5. The molecule has 0 radical (unpaired) electrons. The summed E-state index contributed by atoms with van der Waals surface area (Å²) in [6, 6.07) is 10.8. The molecule has 108 valence electrons. The average molecular weight is 295 g/mol. The van der Waals surface area contributed by atoms with Crippen LogP contribution in [0.5, 0.6) is 0 Å². The number of rotatable bonds is 1. The summed E-state index contributed by atoms with van der Waals surface area (Å²) in [4.78, 5) is 8.73. The molecule has 0 bridgehead atoms. The highest BCUT2D eigenvalue weighted by molar-refractivity contribution is 6.15. The summed E-state index contributed by atoms with van der Waals surface area (Å²) >= 11 is 0. The van der Waals surface area contributed by atoms with E-state index in [0.29, 0.717) is 23.4 Å². The second-order valence-electron chi connectivity index (χ2n) is 5.02. The molecule has 1 aliphatic heterocycles. The summed E-state index contributed by atoms with van der Waals surface area (Å²) in [5.74, 6) is -0.0263. The summed E-state index contributed by atoms with van der Waals surface area (Å²) < 4.78 is 29.8. The molecule has 2 heterocycles. The lowest BCUT2D eigenvalue weighted by atomic mass is 10.00. The van der Waals surface area contributed by atoms with Crippen molar-refractivity contribution in [3.05, 3.63) is 83.4 Å². The highest BCUT2D eigenvalue weighted by atomic mass is 19.1. The maximum Gasteiger partial charge on any atom is 0.134 e. The van der Waals surface area contributed by atoms with Crippen molar-refractivity contribution in [3.8, 4) is 5.69 Å². The maximum atomic E-state index is 14.2. The molecule has 0 aliphatic carbocycles. The van der Waals surface area contributed by atoms with Crippen LogP contribution in [-0.2, 0) is 6.54 Å². The Hall–Kier alpha value is -2.82. The monoisotopic (exact) mass is 295 g/mol. The van der Waals surface area contributed by atoms with E-state index in [0.717, 1.165) is 11.5 Å².